The molecule has 0 spiro atoms. The molecule has 3 aromatic rings. The first-order valence-electron chi connectivity index (χ1n) is 12.7. The average Bonchev–Trinajstić information content (AvgIpc) is 3.28. The molecule has 1 aromatic heterocycles. The number of amides is 1. The lowest BCUT2D eigenvalue weighted by Crippen LogP contribution is -2.48. The first kappa shape index (κ1) is 30.5. The van der Waals surface area contributed by atoms with Gasteiger partial charge in [0, 0.05) is 36.3 Å². The van der Waals surface area contributed by atoms with Crippen LogP contribution in [-0.2, 0) is 19.6 Å². The predicted molar refractivity (Wildman–Crippen MR) is 144 cm³/mol. The van der Waals surface area contributed by atoms with Crippen molar-refractivity contribution in [1.29, 1.82) is 0 Å². The highest BCUT2D eigenvalue weighted by molar-refractivity contribution is 7.89. The molecule has 222 valence electrons. The van der Waals surface area contributed by atoms with E-state index in [1.54, 1.807) is 41.5 Å². The van der Waals surface area contributed by atoms with Crippen molar-refractivity contribution in [3.63, 3.8) is 0 Å². The van der Waals surface area contributed by atoms with Crippen LogP contribution in [0.15, 0.2) is 47.5 Å². The van der Waals surface area contributed by atoms with Crippen LogP contribution >= 0.6 is 0 Å². The van der Waals surface area contributed by atoms with E-state index in [1.807, 2.05) is 0 Å². The maximum Gasteiger partial charge on any atom is 0.471 e. The third kappa shape index (κ3) is 5.69. The fourth-order valence-electron chi connectivity index (χ4n) is 5.06. The van der Waals surface area contributed by atoms with Crippen LogP contribution in [-0.4, -0.2) is 65.1 Å². The van der Waals surface area contributed by atoms with E-state index in [-0.39, 0.29) is 16.0 Å². The molecule has 0 saturated heterocycles. The Balaban J connectivity index is 1.90. The Hall–Kier alpha value is -3.45. The number of carbonyl (C=O) groups is 2. The number of nitrogens with zero attached hydrogens (tertiary/aromatic N) is 3. The van der Waals surface area contributed by atoms with Crippen LogP contribution < -0.4 is 0 Å². The number of halogens is 4. The van der Waals surface area contributed by atoms with Crippen molar-refractivity contribution in [2.75, 3.05) is 13.6 Å². The highest BCUT2D eigenvalue weighted by Crippen LogP contribution is 2.46. The summed E-state index contributed by atoms with van der Waals surface area (Å²) in [5.74, 6) is -2.69. The molecule has 2 aromatic carbocycles. The van der Waals surface area contributed by atoms with Crippen LogP contribution in [0.4, 0.5) is 22.4 Å². The van der Waals surface area contributed by atoms with Crippen LogP contribution in [0.1, 0.15) is 53.1 Å². The van der Waals surface area contributed by atoms with Crippen molar-refractivity contribution in [3.05, 3.63) is 54.0 Å². The number of rotatable bonds is 3. The first-order chi connectivity index (χ1) is 18.6. The topological polar surface area (TPSA) is 88.9 Å². The summed E-state index contributed by atoms with van der Waals surface area (Å²) in [4.78, 5) is 25.3. The van der Waals surface area contributed by atoms with Gasteiger partial charge in [-0.1, -0.05) is 6.07 Å². The Labute approximate surface area is 235 Å². The number of hydrogen-bond donors (Lipinski definition) is 0. The molecule has 13 heteroatoms. The normalized spacial score (nSPS) is 17.5. The number of aromatic nitrogens is 1. The Morgan fingerprint density at radius 1 is 1.00 bits per heavy atom. The molecular formula is C28H31F4N3O5S. The largest absolute Gasteiger partial charge is 0.471 e. The number of fused-ring (bicyclic) bond motifs is 2. The lowest BCUT2D eigenvalue weighted by atomic mass is 9.96. The van der Waals surface area contributed by atoms with Gasteiger partial charge in [-0.25, -0.2) is 17.6 Å². The van der Waals surface area contributed by atoms with Crippen molar-refractivity contribution < 1.29 is 40.3 Å². The van der Waals surface area contributed by atoms with Crippen LogP contribution in [0.3, 0.4) is 0 Å². The minimum absolute atomic E-state index is 0.101. The van der Waals surface area contributed by atoms with Gasteiger partial charge in [0.15, 0.2) is 0 Å². The quantitative estimate of drug-likeness (QED) is 0.341. The van der Waals surface area contributed by atoms with Crippen molar-refractivity contribution in [3.8, 4) is 11.1 Å². The molecule has 0 fully saturated rings. The fourth-order valence-corrected chi connectivity index (χ4v) is 7.24. The van der Waals surface area contributed by atoms with E-state index in [9.17, 15) is 35.6 Å². The Kier molecular flexibility index (Phi) is 7.31. The van der Waals surface area contributed by atoms with Crippen molar-refractivity contribution >= 4 is 32.9 Å². The van der Waals surface area contributed by atoms with Crippen LogP contribution in [0, 0.1) is 5.82 Å². The lowest BCUT2D eigenvalue weighted by molar-refractivity contribution is -0.184. The SMILES string of the molecule is CN(CC1c2cc(-c3cn(C(=O)OC(C)(C)C)c4cc(F)ccc34)ccc2S(=O)(=O)N1C(C)(C)C)C(=O)C(F)(F)F. The summed E-state index contributed by atoms with van der Waals surface area (Å²) in [6.45, 7) is 9.31. The van der Waals surface area contributed by atoms with Crippen LogP contribution in [0.5, 0.6) is 0 Å². The van der Waals surface area contributed by atoms with Gasteiger partial charge in [-0.2, -0.15) is 17.5 Å². The summed E-state index contributed by atoms with van der Waals surface area (Å²) in [6, 6.07) is 7.11. The van der Waals surface area contributed by atoms with E-state index < -0.39 is 57.7 Å². The molecule has 0 aliphatic carbocycles. The maximum absolute atomic E-state index is 14.2. The summed E-state index contributed by atoms with van der Waals surface area (Å²) in [5, 5.41) is 0.464. The molecule has 8 nitrogen and oxygen atoms in total. The zero-order chi connectivity index (χ0) is 30.9. The van der Waals surface area contributed by atoms with Crippen LogP contribution in [0.2, 0.25) is 0 Å². The smallest absolute Gasteiger partial charge is 0.443 e. The van der Waals surface area contributed by atoms with Gasteiger partial charge >= 0.3 is 18.2 Å². The third-order valence-corrected chi connectivity index (χ3v) is 8.80. The summed E-state index contributed by atoms with van der Waals surface area (Å²) in [6.07, 6.45) is -4.45. The number of sulfonamides is 1. The second kappa shape index (κ2) is 9.83. The molecule has 1 aliphatic rings. The van der Waals surface area contributed by atoms with Gasteiger partial charge in [-0.15, -0.1) is 0 Å². The highest BCUT2D eigenvalue weighted by Gasteiger charge is 2.50. The Morgan fingerprint density at radius 3 is 2.20 bits per heavy atom. The predicted octanol–water partition coefficient (Wildman–Crippen LogP) is 6.10. The fraction of sp³-hybridized carbons (Fsp3) is 0.429. The lowest BCUT2D eigenvalue weighted by Gasteiger charge is -2.37. The number of ether oxygens (including phenoxy) is 1. The standard InChI is InChI=1S/C28H31F4N3O5S/c1-26(2,3)35-22(15-33(7)24(36)28(30,31)32)19-12-16(8-11-23(19)41(35,38)39)20-14-34(25(37)40-27(4,5)6)21-13-17(29)9-10-18(20)21/h8-14,22H,15H2,1-7H3. The summed E-state index contributed by atoms with van der Waals surface area (Å²) in [7, 11) is -3.18. The van der Waals surface area contributed by atoms with Gasteiger partial charge in [-0.3, -0.25) is 9.36 Å². The van der Waals surface area contributed by atoms with E-state index in [1.165, 1.54) is 42.6 Å². The summed E-state index contributed by atoms with van der Waals surface area (Å²) in [5.41, 5.74) is -0.603. The Morgan fingerprint density at radius 2 is 1.63 bits per heavy atom. The second-order valence-corrected chi connectivity index (χ2v) is 13.8. The van der Waals surface area contributed by atoms with Crippen molar-refractivity contribution in [2.24, 2.45) is 0 Å². The number of carbonyl (C=O) groups excluding carboxylic acids is 2. The van der Waals surface area contributed by atoms with E-state index >= 15 is 0 Å². The molecule has 0 radical (unpaired) electrons. The minimum atomic E-state index is -5.14. The monoisotopic (exact) mass is 597 g/mol. The van der Waals surface area contributed by atoms with Crippen LogP contribution in [0.25, 0.3) is 22.0 Å². The van der Waals surface area contributed by atoms with E-state index in [0.29, 0.717) is 21.4 Å². The van der Waals surface area contributed by atoms with Crippen molar-refractivity contribution in [2.45, 2.75) is 69.8 Å². The van der Waals surface area contributed by atoms with E-state index in [0.717, 1.165) is 15.9 Å². The van der Waals surface area contributed by atoms with Gasteiger partial charge in [-0.05, 0) is 83.0 Å². The molecule has 2 heterocycles. The van der Waals surface area contributed by atoms with Gasteiger partial charge in [0.1, 0.15) is 11.4 Å². The zero-order valence-electron chi connectivity index (χ0n) is 23.6. The summed E-state index contributed by atoms with van der Waals surface area (Å²) >= 11 is 0. The van der Waals surface area contributed by atoms with Gasteiger partial charge < -0.3 is 9.64 Å². The molecule has 0 saturated carbocycles. The molecule has 0 N–H and O–H groups in total. The van der Waals surface area contributed by atoms with E-state index in [4.69, 9.17) is 4.74 Å². The molecule has 1 amide bonds. The third-order valence-electron chi connectivity index (χ3n) is 6.55. The molecule has 4 rings (SSSR count). The first-order valence-corrected chi connectivity index (χ1v) is 14.1. The number of likely N-dealkylation sites (N-methyl/N-ethyl adjacent to an activating group) is 1. The minimum Gasteiger partial charge on any atom is -0.443 e. The molecule has 1 atom stereocenters. The maximum atomic E-state index is 14.2. The highest BCUT2D eigenvalue weighted by atomic mass is 32.2. The average molecular weight is 598 g/mol. The number of benzene rings is 2. The molecule has 1 aliphatic heterocycles. The zero-order valence-corrected chi connectivity index (χ0v) is 24.4. The second-order valence-electron chi connectivity index (χ2n) is 12.0. The Bertz CT molecular complexity index is 1650. The summed E-state index contributed by atoms with van der Waals surface area (Å²) < 4.78 is 88.7. The molecule has 0 bridgehead atoms. The number of alkyl halides is 3. The van der Waals surface area contributed by atoms with Crippen molar-refractivity contribution in [1.82, 2.24) is 13.8 Å². The molecular weight excluding hydrogens is 566 g/mol. The number of hydrogen-bond acceptors (Lipinski definition) is 5. The molecule has 41 heavy (non-hydrogen) atoms. The van der Waals surface area contributed by atoms with E-state index in [2.05, 4.69) is 0 Å². The molecule has 1 unspecified atom stereocenters. The van der Waals surface area contributed by atoms with Gasteiger partial charge in [0.25, 0.3) is 0 Å². The van der Waals surface area contributed by atoms with Gasteiger partial charge in [0.05, 0.1) is 16.5 Å². The van der Waals surface area contributed by atoms with Gasteiger partial charge in [0.2, 0.25) is 10.0 Å².